The highest BCUT2D eigenvalue weighted by Crippen LogP contribution is 2.31. The molecule has 0 amide bonds. The molecule has 120 valence electrons. The van der Waals surface area contributed by atoms with Gasteiger partial charge < -0.3 is 14.9 Å². The van der Waals surface area contributed by atoms with E-state index in [4.69, 9.17) is 14.9 Å². The smallest absolute Gasteiger partial charge is 0.347 e. The second-order valence-electron chi connectivity index (χ2n) is 5.16. The van der Waals surface area contributed by atoms with E-state index in [0.29, 0.717) is 34.2 Å². The Labute approximate surface area is 137 Å². The highest BCUT2D eigenvalue weighted by atomic mass is 32.1. The Balaban J connectivity index is 2.30. The van der Waals surface area contributed by atoms with Crippen LogP contribution in [0.4, 0.5) is 0 Å². The van der Waals surface area contributed by atoms with E-state index < -0.39 is 5.97 Å². The largest absolute Gasteiger partial charge is 0.492 e. The van der Waals surface area contributed by atoms with Gasteiger partial charge in [-0.25, -0.2) is 9.78 Å². The monoisotopic (exact) mass is 332 g/mol. The molecule has 1 aromatic carbocycles. The quantitative estimate of drug-likeness (QED) is 0.843. The molecule has 2 N–H and O–H groups in total. The fraction of sp³-hybridized carbons (Fsp3) is 0.312. The van der Waals surface area contributed by atoms with E-state index in [1.807, 2.05) is 6.92 Å². The van der Waals surface area contributed by atoms with E-state index in [2.05, 4.69) is 11.1 Å². The maximum Gasteiger partial charge on any atom is 0.347 e. The van der Waals surface area contributed by atoms with Crippen molar-refractivity contribution in [3.8, 4) is 22.4 Å². The molecule has 0 aliphatic rings. The van der Waals surface area contributed by atoms with Crippen molar-refractivity contribution in [3.63, 3.8) is 0 Å². The molecule has 0 spiro atoms. The molecule has 2 aromatic rings. The van der Waals surface area contributed by atoms with E-state index in [-0.39, 0.29) is 17.4 Å². The maximum absolute atomic E-state index is 11.1. The van der Waals surface area contributed by atoms with Crippen molar-refractivity contribution in [2.75, 3.05) is 13.2 Å². The molecule has 1 aromatic heterocycles. The Morgan fingerprint density at radius 3 is 2.83 bits per heavy atom. The summed E-state index contributed by atoms with van der Waals surface area (Å²) in [6.07, 6.45) is 0. The number of hydrogen-bond acceptors (Lipinski definition) is 6. The maximum atomic E-state index is 11.1. The Bertz CT molecular complexity index is 764. The van der Waals surface area contributed by atoms with Crippen LogP contribution in [0.1, 0.15) is 27.9 Å². The van der Waals surface area contributed by atoms with Crippen LogP contribution in [0, 0.1) is 24.2 Å². The van der Waals surface area contributed by atoms with Crippen molar-refractivity contribution < 1.29 is 19.7 Å². The van der Waals surface area contributed by atoms with Crippen molar-refractivity contribution in [1.29, 1.82) is 5.26 Å². The number of aromatic carboxylic acids is 1. The fourth-order valence-corrected chi connectivity index (χ4v) is 2.78. The highest BCUT2D eigenvalue weighted by Gasteiger charge is 2.16. The van der Waals surface area contributed by atoms with Crippen LogP contribution >= 0.6 is 11.3 Å². The van der Waals surface area contributed by atoms with Gasteiger partial charge in [-0.05, 0) is 25.1 Å². The van der Waals surface area contributed by atoms with Crippen molar-refractivity contribution in [2.45, 2.75) is 13.8 Å². The normalized spacial score (nSPS) is 11.7. The van der Waals surface area contributed by atoms with E-state index in [1.165, 1.54) is 0 Å². The molecule has 0 unspecified atom stereocenters. The first-order valence-electron chi connectivity index (χ1n) is 6.95. The van der Waals surface area contributed by atoms with Crippen molar-refractivity contribution in [1.82, 2.24) is 4.98 Å². The molecule has 1 heterocycles. The van der Waals surface area contributed by atoms with Crippen LogP contribution in [-0.2, 0) is 0 Å². The van der Waals surface area contributed by atoms with Gasteiger partial charge in [0.15, 0.2) is 0 Å². The number of aryl methyl sites for hydroxylation is 1. The molecule has 0 aliphatic carbocycles. The predicted molar refractivity (Wildman–Crippen MR) is 85.7 cm³/mol. The summed E-state index contributed by atoms with van der Waals surface area (Å²) in [5.74, 6) is -0.603. The summed E-state index contributed by atoms with van der Waals surface area (Å²) in [7, 11) is 0. The lowest BCUT2D eigenvalue weighted by Crippen LogP contribution is -2.12. The molecule has 0 saturated heterocycles. The zero-order valence-electron chi connectivity index (χ0n) is 12.7. The zero-order chi connectivity index (χ0) is 17.0. The van der Waals surface area contributed by atoms with Gasteiger partial charge in [-0.1, -0.05) is 6.92 Å². The van der Waals surface area contributed by atoms with E-state index >= 15 is 0 Å². The van der Waals surface area contributed by atoms with Crippen molar-refractivity contribution >= 4 is 17.3 Å². The van der Waals surface area contributed by atoms with Crippen molar-refractivity contribution in [3.05, 3.63) is 34.3 Å². The number of ether oxygens (including phenoxy) is 1. The summed E-state index contributed by atoms with van der Waals surface area (Å²) in [6.45, 7) is 3.80. The predicted octanol–water partition coefficient (Wildman–Crippen LogP) is 2.70. The molecule has 0 bridgehead atoms. The van der Waals surface area contributed by atoms with Crippen LogP contribution < -0.4 is 4.74 Å². The molecular formula is C16H16N2O4S. The summed E-state index contributed by atoms with van der Waals surface area (Å²) in [4.78, 5) is 15.5. The standard InChI is InChI=1S/C16H16N2O4S/c1-9(7-19)8-22-13-4-3-11(5-12(13)6-17)15-18-10(2)14(23-15)16(20)21/h3-5,9,19H,7-8H2,1-2H3,(H,20,21)/t9-/m1/s1. The summed E-state index contributed by atoms with van der Waals surface area (Å²) in [6, 6.07) is 7.09. The van der Waals surface area contributed by atoms with Gasteiger partial charge in [0.1, 0.15) is 21.7 Å². The Morgan fingerprint density at radius 2 is 2.26 bits per heavy atom. The molecule has 7 heteroatoms. The number of hydrogen-bond donors (Lipinski definition) is 2. The molecule has 0 saturated carbocycles. The van der Waals surface area contributed by atoms with E-state index in [1.54, 1.807) is 25.1 Å². The minimum Gasteiger partial charge on any atom is -0.492 e. The van der Waals surface area contributed by atoms with Gasteiger partial charge in [0.05, 0.1) is 17.9 Å². The van der Waals surface area contributed by atoms with E-state index in [0.717, 1.165) is 11.3 Å². The van der Waals surface area contributed by atoms with Gasteiger partial charge >= 0.3 is 5.97 Å². The average Bonchev–Trinajstić information content (AvgIpc) is 2.94. The molecule has 0 fully saturated rings. The Morgan fingerprint density at radius 1 is 1.52 bits per heavy atom. The van der Waals surface area contributed by atoms with Crippen LogP contribution in [0.3, 0.4) is 0 Å². The number of aliphatic hydroxyl groups is 1. The molecule has 0 radical (unpaired) electrons. The van der Waals surface area contributed by atoms with Gasteiger partial charge in [0.25, 0.3) is 0 Å². The second-order valence-corrected chi connectivity index (χ2v) is 6.16. The summed E-state index contributed by atoms with van der Waals surface area (Å²) in [5, 5.41) is 27.9. The second kappa shape index (κ2) is 7.22. The topological polar surface area (TPSA) is 103 Å². The number of aliphatic hydroxyl groups excluding tert-OH is 1. The number of benzene rings is 1. The summed E-state index contributed by atoms with van der Waals surface area (Å²) >= 11 is 1.07. The number of nitriles is 1. The van der Waals surface area contributed by atoms with Crippen LogP contribution in [0.5, 0.6) is 5.75 Å². The van der Waals surface area contributed by atoms with Gasteiger partial charge in [-0.15, -0.1) is 11.3 Å². The Kier molecular flexibility index (Phi) is 5.32. The third-order valence-corrected chi connectivity index (χ3v) is 4.37. The first-order chi connectivity index (χ1) is 11.0. The average molecular weight is 332 g/mol. The lowest BCUT2D eigenvalue weighted by atomic mass is 10.1. The number of thiazole rings is 1. The van der Waals surface area contributed by atoms with Crippen LogP contribution in [0.2, 0.25) is 0 Å². The molecule has 2 rings (SSSR count). The first kappa shape index (κ1) is 16.9. The Hall–Kier alpha value is -2.43. The number of carbonyl (C=O) groups is 1. The number of rotatable bonds is 6. The van der Waals surface area contributed by atoms with E-state index in [9.17, 15) is 10.1 Å². The van der Waals surface area contributed by atoms with Crippen molar-refractivity contribution in [2.24, 2.45) is 5.92 Å². The van der Waals surface area contributed by atoms with Gasteiger partial charge in [0, 0.05) is 18.1 Å². The first-order valence-corrected chi connectivity index (χ1v) is 7.76. The molecule has 0 aliphatic heterocycles. The third kappa shape index (κ3) is 3.86. The van der Waals surface area contributed by atoms with Gasteiger partial charge in [-0.2, -0.15) is 5.26 Å². The summed E-state index contributed by atoms with van der Waals surface area (Å²) < 4.78 is 5.55. The number of nitrogens with zero attached hydrogens (tertiary/aromatic N) is 2. The van der Waals surface area contributed by atoms with Crippen LogP contribution in [0.25, 0.3) is 10.6 Å². The number of carboxylic acids is 1. The lowest BCUT2D eigenvalue weighted by molar-refractivity contribution is 0.0701. The molecule has 6 nitrogen and oxygen atoms in total. The highest BCUT2D eigenvalue weighted by molar-refractivity contribution is 7.17. The lowest BCUT2D eigenvalue weighted by Gasteiger charge is -2.12. The number of aromatic nitrogens is 1. The van der Waals surface area contributed by atoms with Crippen LogP contribution in [0.15, 0.2) is 18.2 Å². The minimum absolute atomic E-state index is 0.0102. The molecule has 1 atom stereocenters. The molecular weight excluding hydrogens is 316 g/mol. The molecule has 23 heavy (non-hydrogen) atoms. The third-order valence-electron chi connectivity index (χ3n) is 3.17. The SMILES string of the molecule is Cc1nc(-c2ccc(OC[C@H](C)CO)c(C#N)c2)sc1C(=O)O. The van der Waals surface area contributed by atoms with Gasteiger partial charge in [0.2, 0.25) is 0 Å². The van der Waals surface area contributed by atoms with Gasteiger partial charge in [-0.3, -0.25) is 0 Å². The minimum atomic E-state index is -1.01. The summed E-state index contributed by atoms with van der Waals surface area (Å²) in [5.41, 5.74) is 1.47. The fourth-order valence-electron chi connectivity index (χ4n) is 1.88. The zero-order valence-corrected chi connectivity index (χ0v) is 13.6. The van der Waals surface area contributed by atoms with Crippen LogP contribution in [-0.4, -0.2) is 34.4 Å². The number of carboxylic acid groups (broad SMARTS) is 1.